The molecule has 8 heteroatoms. The molecular formula is C15H28N8. The van der Waals surface area contributed by atoms with E-state index in [1.165, 1.54) is 57.8 Å². The molecule has 2 aromatic rings. The highest BCUT2D eigenvalue weighted by Crippen LogP contribution is 2.10. The molecular weight excluding hydrogens is 292 g/mol. The van der Waals surface area contributed by atoms with E-state index in [1.807, 2.05) is 0 Å². The molecule has 0 radical (unpaired) electrons. The summed E-state index contributed by atoms with van der Waals surface area (Å²) in [4.78, 5) is 1.67. The van der Waals surface area contributed by atoms with Crippen LogP contribution in [0.4, 0.5) is 0 Å². The lowest BCUT2D eigenvalue weighted by Gasteiger charge is -2.02. The standard InChI is InChI=1S/C15H28N8/c1-2-3-4-5-6-7-8-9-10-11-12-23-19-15(18-22-23)13-14-16-20-21-17-14/h2-13H2,1H3,(H,16,17,20,21). The SMILES string of the molecule is CCCCCCCCCCCCn1nnc(Cc2nn[nH]n2)n1. The van der Waals surface area contributed by atoms with Crippen molar-refractivity contribution in [3.63, 3.8) is 0 Å². The van der Waals surface area contributed by atoms with E-state index in [-0.39, 0.29) is 0 Å². The normalized spacial score (nSPS) is 11.2. The largest absolute Gasteiger partial charge is 0.182 e. The summed E-state index contributed by atoms with van der Waals surface area (Å²) in [6.45, 7) is 3.09. The molecule has 2 aromatic heterocycles. The Labute approximate surface area is 137 Å². The number of H-pyrrole nitrogens is 1. The van der Waals surface area contributed by atoms with Crippen LogP contribution in [0.5, 0.6) is 0 Å². The van der Waals surface area contributed by atoms with Crippen LogP contribution in [0.3, 0.4) is 0 Å². The smallest absolute Gasteiger partial charge is 0.177 e. The zero-order valence-corrected chi connectivity index (χ0v) is 14.1. The Balaban J connectivity index is 1.48. The summed E-state index contributed by atoms with van der Waals surface area (Å²) in [6.07, 6.45) is 13.7. The van der Waals surface area contributed by atoms with Gasteiger partial charge in [0.1, 0.15) is 0 Å². The van der Waals surface area contributed by atoms with Crippen molar-refractivity contribution in [2.24, 2.45) is 0 Å². The number of tetrazole rings is 2. The molecule has 0 aromatic carbocycles. The van der Waals surface area contributed by atoms with Crippen molar-refractivity contribution in [1.29, 1.82) is 0 Å². The van der Waals surface area contributed by atoms with E-state index < -0.39 is 0 Å². The van der Waals surface area contributed by atoms with Gasteiger partial charge < -0.3 is 0 Å². The molecule has 0 aliphatic rings. The maximum atomic E-state index is 4.33. The maximum Gasteiger partial charge on any atom is 0.182 e. The van der Waals surface area contributed by atoms with E-state index in [2.05, 4.69) is 43.0 Å². The van der Waals surface area contributed by atoms with Gasteiger partial charge in [-0.2, -0.15) is 10.0 Å². The lowest BCUT2D eigenvalue weighted by Crippen LogP contribution is -2.03. The third kappa shape index (κ3) is 7.30. The Hall–Kier alpha value is -1.86. The monoisotopic (exact) mass is 320 g/mol. The molecule has 0 aliphatic heterocycles. The summed E-state index contributed by atoms with van der Waals surface area (Å²) in [5, 5.41) is 26.1. The molecule has 0 amide bonds. The van der Waals surface area contributed by atoms with Crippen molar-refractivity contribution < 1.29 is 0 Å². The minimum absolute atomic E-state index is 0.467. The highest BCUT2D eigenvalue weighted by molar-refractivity contribution is 4.91. The summed E-state index contributed by atoms with van der Waals surface area (Å²) in [5.74, 6) is 1.22. The van der Waals surface area contributed by atoms with Crippen LogP contribution in [-0.2, 0) is 13.0 Å². The third-order valence-electron chi connectivity index (χ3n) is 3.91. The number of aromatic amines is 1. The first-order chi connectivity index (χ1) is 11.4. The van der Waals surface area contributed by atoms with Crippen LogP contribution < -0.4 is 0 Å². The van der Waals surface area contributed by atoms with Gasteiger partial charge in [0, 0.05) is 0 Å². The summed E-state index contributed by atoms with van der Waals surface area (Å²) in [5.41, 5.74) is 0. The average Bonchev–Trinajstić information content (AvgIpc) is 3.22. The Morgan fingerprint density at radius 3 is 2.17 bits per heavy atom. The number of hydrogen-bond acceptors (Lipinski definition) is 6. The van der Waals surface area contributed by atoms with Gasteiger partial charge in [0.05, 0.1) is 13.0 Å². The van der Waals surface area contributed by atoms with E-state index in [1.54, 1.807) is 4.80 Å². The van der Waals surface area contributed by atoms with Gasteiger partial charge in [-0.1, -0.05) is 69.9 Å². The highest BCUT2D eigenvalue weighted by Gasteiger charge is 2.07. The molecule has 0 unspecified atom stereocenters. The van der Waals surface area contributed by atoms with Crippen molar-refractivity contribution in [3.8, 4) is 0 Å². The number of nitrogens with zero attached hydrogens (tertiary/aromatic N) is 7. The van der Waals surface area contributed by atoms with Crippen molar-refractivity contribution in [2.75, 3.05) is 0 Å². The van der Waals surface area contributed by atoms with E-state index in [0.29, 0.717) is 18.1 Å². The number of aryl methyl sites for hydroxylation is 1. The summed E-state index contributed by atoms with van der Waals surface area (Å²) >= 11 is 0. The Morgan fingerprint density at radius 1 is 0.826 bits per heavy atom. The van der Waals surface area contributed by atoms with Crippen LogP contribution in [0.1, 0.15) is 82.8 Å². The fourth-order valence-electron chi connectivity index (χ4n) is 2.58. The highest BCUT2D eigenvalue weighted by atomic mass is 15.6. The lowest BCUT2D eigenvalue weighted by atomic mass is 10.1. The van der Waals surface area contributed by atoms with E-state index >= 15 is 0 Å². The van der Waals surface area contributed by atoms with Crippen molar-refractivity contribution in [1.82, 2.24) is 40.8 Å². The van der Waals surface area contributed by atoms with Gasteiger partial charge in [0.15, 0.2) is 11.6 Å². The van der Waals surface area contributed by atoms with Gasteiger partial charge >= 0.3 is 0 Å². The first-order valence-electron chi connectivity index (χ1n) is 8.87. The number of unbranched alkanes of at least 4 members (excludes halogenated alkanes) is 9. The van der Waals surface area contributed by atoms with E-state index in [9.17, 15) is 0 Å². The average molecular weight is 320 g/mol. The minimum Gasteiger partial charge on any atom is -0.177 e. The molecule has 2 rings (SSSR count). The number of aromatic nitrogens is 8. The van der Waals surface area contributed by atoms with Gasteiger partial charge in [0.25, 0.3) is 0 Å². The van der Waals surface area contributed by atoms with Crippen LogP contribution in [0.2, 0.25) is 0 Å². The predicted octanol–water partition coefficient (Wildman–Crippen LogP) is 2.70. The van der Waals surface area contributed by atoms with Crippen molar-refractivity contribution >= 4 is 0 Å². The molecule has 0 spiro atoms. The molecule has 0 bridgehead atoms. The predicted molar refractivity (Wildman–Crippen MR) is 86.6 cm³/mol. The van der Waals surface area contributed by atoms with E-state index in [4.69, 9.17) is 0 Å². The quantitative estimate of drug-likeness (QED) is 0.570. The molecule has 0 atom stereocenters. The van der Waals surface area contributed by atoms with Gasteiger partial charge in [-0.3, -0.25) is 0 Å². The number of nitrogens with one attached hydrogen (secondary N) is 1. The first-order valence-corrected chi connectivity index (χ1v) is 8.87. The Kier molecular flexibility index (Phi) is 8.21. The second kappa shape index (κ2) is 10.8. The van der Waals surface area contributed by atoms with Crippen LogP contribution in [0, 0.1) is 0 Å². The first kappa shape index (κ1) is 17.5. The fourth-order valence-corrected chi connectivity index (χ4v) is 2.58. The molecule has 128 valence electrons. The molecule has 0 saturated carbocycles. The van der Waals surface area contributed by atoms with Gasteiger partial charge in [0.2, 0.25) is 0 Å². The minimum atomic E-state index is 0.467. The van der Waals surface area contributed by atoms with Crippen LogP contribution in [0.25, 0.3) is 0 Å². The van der Waals surface area contributed by atoms with Crippen LogP contribution in [-0.4, -0.2) is 40.8 Å². The van der Waals surface area contributed by atoms with E-state index in [0.717, 1.165) is 13.0 Å². The Bertz CT molecular complexity index is 507. The summed E-state index contributed by atoms with van der Waals surface area (Å²) in [6, 6.07) is 0. The fraction of sp³-hybridized carbons (Fsp3) is 0.867. The summed E-state index contributed by atoms with van der Waals surface area (Å²) < 4.78 is 0. The number of rotatable bonds is 13. The van der Waals surface area contributed by atoms with Gasteiger partial charge in [-0.05, 0) is 11.6 Å². The second-order valence-electron chi connectivity index (χ2n) is 5.99. The summed E-state index contributed by atoms with van der Waals surface area (Å²) in [7, 11) is 0. The molecule has 0 fully saturated rings. The van der Waals surface area contributed by atoms with Crippen molar-refractivity contribution in [3.05, 3.63) is 11.6 Å². The lowest BCUT2D eigenvalue weighted by molar-refractivity contribution is 0.470. The molecule has 23 heavy (non-hydrogen) atoms. The number of hydrogen-bond donors (Lipinski definition) is 1. The topological polar surface area (TPSA) is 98.1 Å². The maximum absolute atomic E-state index is 4.33. The van der Waals surface area contributed by atoms with Crippen LogP contribution >= 0.6 is 0 Å². The second-order valence-corrected chi connectivity index (χ2v) is 5.99. The van der Waals surface area contributed by atoms with Crippen molar-refractivity contribution in [2.45, 2.75) is 84.1 Å². The molecule has 2 heterocycles. The van der Waals surface area contributed by atoms with Crippen LogP contribution in [0.15, 0.2) is 0 Å². The van der Waals surface area contributed by atoms with Gasteiger partial charge in [-0.25, -0.2) is 0 Å². The molecule has 0 saturated heterocycles. The third-order valence-corrected chi connectivity index (χ3v) is 3.91. The molecule has 8 nitrogen and oxygen atoms in total. The molecule has 0 aliphatic carbocycles. The molecule has 1 N–H and O–H groups in total. The zero-order valence-electron chi connectivity index (χ0n) is 14.1. The van der Waals surface area contributed by atoms with Gasteiger partial charge in [-0.15, -0.1) is 20.4 Å². The Morgan fingerprint density at radius 2 is 1.52 bits per heavy atom. The zero-order chi connectivity index (χ0) is 16.2.